The number of hydrogen-bond donors (Lipinski definition) is 2. The van der Waals surface area contributed by atoms with Gasteiger partial charge in [-0.2, -0.15) is 0 Å². The molecular formula is C19H14BrNO4. The van der Waals surface area contributed by atoms with Crippen LogP contribution in [0, 0.1) is 0 Å². The summed E-state index contributed by atoms with van der Waals surface area (Å²) in [7, 11) is 1.47. The van der Waals surface area contributed by atoms with Gasteiger partial charge in [0.05, 0.1) is 28.4 Å². The monoisotopic (exact) mass is 399 g/mol. The van der Waals surface area contributed by atoms with Gasteiger partial charge in [-0.15, -0.1) is 0 Å². The van der Waals surface area contributed by atoms with Crippen LogP contribution in [0.3, 0.4) is 0 Å². The quantitative estimate of drug-likeness (QED) is 0.670. The number of para-hydroxylation sites is 1. The Kier molecular flexibility index (Phi) is 4.72. The summed E-state index contributed by atoms with van der Waals surface area (Å²) in [6, 6.07) is 12.1. The van der Waals surface area contributed by atoms with Crippen molar-refractivity contribution < 1.29 is 19.7 Å². The zero-order valence-electron chi connectivity index (χ0n) is 13.2. The van der Waals surface area contributed by atoms with Crippen molar-refractivity contribution in [2.75, 3.05) is 7.11 Å². The standard InChI is InChI=1S/C19H14BrNO4/c1-25-17-9-11(8-15(20)18(17)22)6-7-12-10-14(19(23)24)13-4-2-3-5-16(13)21-12/h2-10,22H,1H3,(H,23,24). The lowest BCUT2D eigenvalue weighted by Gasteiger charge is -2.07. The van der Waals surface area contributed by atoms with Crippen LogP contribution < -0.4 is 4.74 Å². The number of carbonyl (C=O) groups is 1. The summed E-state index contributed by atoms with van der Waals surface area (Å²) in [5.41, 5.74) is 2.12. The molecule has 3 rings (SSSR count). The summed E-state index contributed by atoms with van der Waals surface area (Å²) in [5.74, 6) is -0.634. The van der Waals surface area contributed by atoms with Crippen molar-refractivity contribution in [2.24, 2.45) is 0 Å². The van der Waals surface area contributed by atoms with Crippen molar-refractivity contribution in [3.63, 3.8) is 0 Å². The van der Waals surface area contributed by atoms with Crippen LogP contribution in [0.15, 0.2) is 46.9 Å². The highest BCUT2D eigenvalue weighted by molar-refractivity contribution is 9.10. The average molecular weight is 400 g/mol. The molecule has 0 atom stereocenters. The Morgan fingerprint density at radius 2 is 1.96 bits per heavy atom. The molecule has 3 aromatic rings. The topological polar surface area (TPSA) is 79.7 Å². The number of halogens is 1. The number of nitrogens with zero attached hydrogens (tertiary/aromatic N) is 1. The van der Waals surface area contributed by atoms with Crippen molar-refractivity contribution in [2.45, 2.75) is 0 Å². The van der Waals surface area contributed by atoms with Crippen molar-refractivity contribution in [3.8, 4) is 11.5 Å². The SMILES string of the molecule is COc1cc(C=Cc2cc(C(=O)O)c3ccccc3n2)cc(Br)c1O. The Hall–Kier alpha value is -2.86. The number of pyridine rings is 1. The number of ether oxygens (including phenoxy) is 1. The molecule has 6 heteroatoms. The van der Waals surface area contributed by atoms with E-state index in [0.717, 1.165) is 5.56 Å². The number of fused-ring (bicyclic) bond motifs is 1. The maximum absolute atomic E-state index is 11.5. The molecule has 25 heavy (non-hydrogen) atoms. The van der Waals surface area contributed by atoms with Gasteiger partial charge in [-0.05, 0) is 51.8 Å². The van der Waals surface area contributed by atoms with Crippen molar-refractivity contribution >= 4 is 45.0 Å². The van der Waals surface area contributed by atoms with E-state index in [0.29, 0.717) is 26.8 Å². The molecule has 0 aliphatic heterocycles. The van der Waals surface area contributed by atoms with E-state index in [9.17, 15) is 15.0 Å². The van der Waals surface area contributed by atoms with Gasteiger partial charge in [0, 0.05) is 5.39 Å². The number of rotatable bonds is 4. The molecule has 0 amide bonds. The number of aromatic nitrogens is 1. The fourth-order valence-corrected chi connectivity index (χ4v) is 2.95. The molecule has 0 spiro atoms. The van der Waals surface area contributed by atoms with Gasteiger partial charge in [-0.25, -0.2) is 9.78 Å². The van der Waals surface area contributed by atoms with Crippen molar-refractivity contribution in [3.05, 3.63) is 63.8 Å². The maximum Gasteiger partial charge on any atom is 0.336 e. The summed E-state index contributed by atoms with van der Waals surface area (Å²) >= 11 is 3.27. The van der Waals surface area contributed by atoms with Crippen LogP contribution in [0.5, 0.6) is 11.5 Å². The van der Waals surface area contributed by atoms with Crippen LogP contribution in [0.25, 0.3) is 23.1 Å². The Morgan fingerprint density at radius 3 is 2.68 bits per heavy atom. The predicted molar refractivity (Wildman–Crippen MR) is 100.0 cm³/mol. The minimum atomic E-state index is -0.998. The molecule has 1 aromatic heterocycles. The first-order valence-electron chi connectivity index (χ1n) is 7.37. The van der Waals surface area contributed by atoms with Crippen LogP contribution >= 0.6 is 15.9 Å². The number of carboxylic acid groups (broad SMARTS) is 1. The number of aromatic carboxylic acids is 1. The molecular weight excluding hydrogens is 386 g/mol. The molecule has 0 aliphatic rings. The van der Waals surface area contributed by atoms with Crippen LogP contribution in [0.2, 0.25) is 0 Å². The number of hydrogen-bond acceptors (Lipinski definition) is 4. The van der Waals surface area contributed by atoms with Crippen LogP contribution in [0.4, 0.5) is 0 Å². The number of carboxylic acids is 1. The lowest BCUT2D eigenvalue weighted by molar-refractivity contribution is 0.0699. The summed E-state index contributed by atoms with van der Waals surface area (Å²) in [6.45, 7) is 0. The minimum Gasteiger partial charge on any atom is -0.503 e. The summed E-state index contributed by atoms with van der Waals surface area (Å²) in [4.78, 5) is 16.0. The zero-order valence-corrected chi connectivity index (χ0v) is 14.8. The van der Waals surface area contributed by atoms with E-state index in [-0.39, 0.29) is 11.3 Å². The van der Waals surface area contributed by atoms with Crippen molar-refractivity contribution in [1.29, 1.82) is 0 Å². The number of phenols is 1. The van der Waals surface area contributed by atoms with Gasteiger partial charge in [-0.1, -0.05) is 24.3 Å². The highest BCUT2D eigenvalue weighted by atomic mass is 79.9. The van der Waals surface area contributed by atoms with Gasteiger partial charge in [0.2, 0.25) is 0 Å². The third-order valence-electron chi connectivity index (χ3n) is 3.68. The second kappa shape index (κ2) is 6.94. The molecule has 1 heterocycles. The van der Waals surface area contributed by atoms with Gasteiger partial charge in [-0.3, -0.25) is 0 Å². The molecule has 0 fully saturated rings. The van der Waals surface area contributed by atoms with E-state index in [1.807, 2.05) is 6.07 Å². The first kappa shape index (κ1) is 17.0. The Balaban J connectivity index is 2.05. The third-order valence-corrected chi connectivity index (χ3v) is 4.29. The molecule has 0 aliphatic carbocycles. The van der Waals surface area contributed by atoms with E-state index in [1.54, 1.807) is 42.5 Å². The molecule has 0 unspecified atom stereocenters. The van der Waals surface area contributed by atoms with Gasteiger partial charge >= 0.3 is 5.97 Å². The molecule has 0 saturated heterocycles. The zero-order chi connectivity index (χ0) is 18.0. The number of benzene rings is 2. The Bertz CT molecular complexity index is 998. The van der Waals surface area contributed by atoms with Crippen LogP contribution in [0.1, 0.15) is 21.6 Å². The molecule has 2 aromatic carbocycles. The van der Waals surface area contributed by atoms with Gasteiger partial charge in [0.1, 0.15) is 0 Å². The Labute approximate surface area is 152 Å². The summed E-state index contributed by atoms with van der Waals surface area (Å²) in [6.07, 6.45) is 3.49. The normalized spacial score (nSPS) is 11.1. The number of aromatic hydroxyl groups is 1. The van der Waals surface area contributed by atoms with E-state index in [2.05, 4.69) is 20.9 Å². The maximum atomic E-state index is 11.5. The lowest BCUT2D eigenvalue weighted by Crippen LogP contribution is -2.00. The van der Waals surface area contributed by atoms with E-state index in [1.165, 1.54) is 13.2 Å². The fourth-order valence-electron chi connectivity index (χ4n) is 2.49. The average Bonchev–Trinajstić information content (AvgIpc) is 2.61. The van der Waals surface area contributed by atoms with E-state index < -0.39 is 5.97 Å². The highest BCUT2D eigenvalue weighted by Crippen LogP contribution is 2.35. The first-order chi connectivity index (χ1) is 12.0. The van der Waals surface area contributed by atoms with E-state index >= 15 is 0 Å². The fraction of sp³-hybridized carbons (Fsp3) is 0.0526. The minimum absolute atomic E-state index is 0.0247. The second-order valence-corrected chi connectivity index (χ2v) is 6.16. The third kappa shape index (κ3) is 3.49. The molecule has 5 nitrogen and oxygen atoms in total. The van der Waals surface area contributed by atoms with Crippen LogP contribution in [-0.4, -0.2) is 28.3 Å². The smallest absolute Gasteiger partial charge is 0.336 e. The molecule has 126 valence electrons. The molecule has 0 bridgehead atoms. The lowest BCUT2D eigenvalue weighted by atomic mass is 10.1. The van der Waals surface area contributed by atoms with Crippen LogP contribution in [-0.2, 0) is 0 Å². The molecule has 0 radical (unpaired) electrons. The molecule has 0 saturated carbocycles. The number of phenolic OH excluding ortho intramolecular Hbond substituents is 1. The van der Waals surface area contributed by atoms with Gasteiger partial charge < -0.3 is 14.9 Å². The van der Waals surface area contributed by atoms with Gasteiger partial charge in [0.15, 0.2) is 11.5 Å². The summed E-state index contributed by atoms with van der Waals surface area (Å²) < 4.78 is 5.62. The number of methoxy groups -OCH3 is 1. The largest absolute Gasteiger partial charge is 0.503 e. The first-order valence-corrected chi connectivity index (χ1v) is 8.16. The van der Waals surface area contributed by atoms with E-state index in [4.69, 9.17) is 4.74 Å². The predicted octanol–water partition coefficient (Wildman–Crippen LogP) is 4.58. The molecule has 2 N–H and O–H groups in total. The second-order valence-electron chi connectivity index (χ2n) is 5.30. The van der Waals surface area contributed by atoms with Gasteiger partial charge in [0.25, 0.3) is 0 Å². The Morgan fingerprint density at radius 1 is 1.20 bits per heavy atom. The summed E-state index contributed by atoms with van der Waals surface area (Å²) in [5, 5.41) is 19.9. The highest BCUT2D eigenvalue weighted by Gasteiger charge is 2.11. The van der Waals surface area contributed by atoms with Crippen molar-refractivity contribution in [1.82, 2.24) is 4.98 Å².